The summed E-state index contributed by atoms with van der Waals surface area (Å²) >= 11 is 0. The third-order valence-corrected chi connectivity index (χ3v) is 6.95. The van der Waals surface area contributed by atoms with Crippen molar-refractivity contribution in [2.24, 2.45) is 0 Å². The highest BCUT2D eigenvalue weighted by molar-refractivity contribution is 5.85. The van der Waals surface area contributed by atoms with E-state index in [0.29, 0.717) is 12.3 Å². The average Bonchev–Trinajstić information content (AvgIpc) is 2.90. The van der Waals surface area contributed by atoms with Crippen LogP contribution in [0, 0.1) is 0 Å². The van der Waals surface area contributed by atoms with Gasteiger partial charge in [0.05, 0.1) is 13.0 Å². The number of nitrogens with zero attached hydrogens (tertiary/aromatic N) is 1. The number of para-hydroxylation sites is 2. The van der Waals surface area contributed by atoms with Crippen LogP contribution in [0.2, 0.25) is 0 Å². The fourth-order valence-electron chi connectivity index (χ4n) is 5.06. The highest BCUT2D eigenvalue weighted by atomic mass is 16.5. The maximum atomic E-state index is 13.0. The summed E-state index contributed by atoms with van der Waals surface area (Å²) in [6.07, 6.45) is 1.93. The van der Waals surface area contributed by atoms with Crippen LogP contribution in [-0.2, 0) is 17.9 Å². The summed E-state index contributed by atoms with van der Waals surface area (Å²) in [6.45, 7) is 4.33. The van der Waals surface area contributed by atoms with E-state index in [1.165, 1.54) is 11.1 Å². The zero-order chi connectivity index (χ0) is 24.0. The lowest BCUT2D eigenvalue weighted by atomic mass is 9.89. The second-order valence-corrected chi connectivity index (χ2v) is 9.34. The molecule has 6 heteroatoms. The Morgan fingerprint density at radius 1 is 1.00 bits per heavy atom. The molecule has 1 amide bonds. The summed E-state index contributed by atoms with van der Waals surface area (Å²) < 4.78 is 11.5. The smallest absolute Gasteiger partial charge is 0.229 e. The Labute approximate surface area is 207 Å². The third kappa shape index (κ3) is 5.66. The number of rotatable bonds is 7. The van der Waals surface area contributed by atoms with Crippen LogP contribution in [0.3, 0.4) is 0 Å². The number of likely N-dealkylation sites (tertiary alicyclic amines) is 1. The van der Waals surface area contributed by atoms with Gasteiger partial charge in [-0.2, -0.15) is 0 Å². The van der Waals surface area contributed by atoms with Crippen LogP contribution in [0.15, 0.2) is 72.8 Å². The number of fused-ring (bicyclic) bond motifs is 1. The van der Waals surface area contributed by atoms with Crippen LogP contribution in [0.5, 0.6) is 17.2 Å². The van der Waals surface area contributed by atoms with Gasteiger partial charge in [0.1, 0.15) is 5.75 Å². The van der Waals surface area contributed by atoms with Gasteiger partial charge < -0.3 is 20.1 Å². The van der Waals surface area contributed by atoms with E-state index in [4.69, 9.17) is 9.47 Å². The van der Waals surface area contributed by atoms with Crippen LogP contribution in [0.4, 0.5) is 0 Å². The predicted molar refractivity (Wildman–Crippen MR) is 137 cm³/mol. The Hall–Kier alpha value is -3.35. The second kappa shape index (κ2) is 10.9. The van der Waals surface area contributed by atoms with E-state index >= 15 is 0 Å². The topological polar surface area (TPSA) is 62.8 Å². The summed E-state index contributed by atoms with van der Waals surface area (Å²) in [4.78, 5) is 15.5. The molecule has 1 unspecified atom stereocenters. The molecule has 2 heterocycles. The molecule has 1 fully saturated rings. The lowest BCUT2D eigenvalue weighted by molar-refractivity contribution is -0.123. The van der Waals surface area contributed by atoms with Gasteiger partial charge in [-0.25, -0.2) is 0 Å². The van der Waals surface area contributed by atoms with Crippen molar-refractivity contribution in [2.45, 2.75) is 37.9 Å². The number of amides is 1. The lowest BCUT2D eigenvalue weighted by Gasteiger charge is -2.34. The highest BCUT2D eigenvalue weighted by Gasteiger charge is 2.29. The molecule has 3 aromatic rings. The van der Waals surface area contributed by atoms with Gasteiger partial charge in [0, 0.05) is 38.8 Å². The number of methoxy groups -OCH3 is 1. The number of carbonyl (C=O) groups is 1. The number of ether oxygens (including phenoxy) is 2. The predicted octanol–water partition coefficient (Wildman–Crippen LogP) is 4.46. The first kappa shape index (κ1) is 23.4. The summed E-state index contributed by atoms with van der Waals surface area (Å²) in [5.74, 6) is 2.26. The molecule has 2 aliphatic rings. The van der Waals surface area contributed by atoms with Crippen LogP contribution < -0.4 is 20.1 Å². The molecule has 0 radical (unpaired) electrons. The lowest BCUT2D eigenvalue weighted by Crippen LogP contribution is -2.47. The van der Waals surface area contributed by atoms with Crippen molar-refractivity contribution in [3.05, 3.63) is 89.5 Å². The van der Waals surface area contributed by atoms with E-state index in [1.54, 1.807) is 7.11 Å². The number of nitrogens with one attached hydrogen (secondary N) is 2. The van der Waals surface area contributed by atoms with Crippen molar-refractivity contribution in [3.8, 4) is 17.2 Å². The van der Waals surface area contributed by atoms with Gasteiger partial charge in [-0.1, -0.05) is 48.5 Å². The average molecular weight is 472 g/mol. The minimum Gasteiger partial charge on any atom is -0.493 e. The molecule has 3 aromatic carbocycles. The monoisotopic (exact) mass is 471 g/mol. The van der Waals surface area contributed by atoms with Crippen LogP contribution >= 0.6 is 0 Å². The van der Waals surface area contributed by atoms with Crippen molar-refractivity contribution >= 4 is 5.91 Å². The first-order chi connectivity index (χ1) is 17.2. The first-order valence-corrected chi connectivity index (χ1v) is 12.4. The minimum atomic E-state index is -0.107. The van der Waals surface area contributed by atoms with E-state index in [0.717, 1.165) is 56.1 Å². The van der Waals surface area contributed by atoms with Crippen LogP contribution in [-0.4, -0.2) is 43.6 Å². The minimum absolute atomic E-state index is 0.107. The van der Waals surface area contributed by atoms with E-state index in [9.17, 15) is 4.79 Å². The fourth-order valence-corrected chi connectivity index (χ4v) is 5.06. The molecule has 1 atom stereocenters. The Morgan fingerprint density at radius 2 is 1.77 bits per heavy atom. The normalized spacial score (nSPS) is 18.5. The molecular formula is C29H33N3O3. The van der Waals surface area contributed by atoms with Gasteiger partial charge in [-0.3, -0.25) is 9.69 Å². The molecule has 5 rings (SSSR count). The molecule has 0 spiro atoms. The number of hydrogen-bond donors (Lipinski definition) is 2. The first-order valence-electron chi connectivity index (χ1n) is 12.4. The number of piperidine rings is 1. The van der Waals surface area contributed by atoms with Crippen molar-refractivity contribution in [3.63, 3.8) is 0 Å². The number of carbonyl (C=O) groups excluding carboxylic acids is 1. The van der Waals surface area contributed by atoms with Crippen molar-refractivity contribution in [1.82, 2.24) is 15.5 Å². The molecule has 0 saturated carbocycles. The molecule has 2 aliphatic heterocycles. The number of benzene rings is 3. The highest BCUT2D eigenvalue weighted by Crippen LogP contribution is 2.31. The van der Waals surface area contributed by atoms with Gasteiger partial charge >= 0.3 is 0 Å². The molecule has 2 N–H and O–H groups in total. The van der Waals surface area contributed by atoms with Crippen molar-refractivity contribution in [2.75, 3.05) is 26.7 Å². The van der Waals surface area contributed by atoms with E-state index in [2.05, 4.69) is 39.8 Å². The van der Waals surface area contributed by atoms with E-state index in [1.807, 2.05) is 48.5 Å². The summed E-state index contributed by atoms with van der Waals surface area (Å²) in [7, 11) is 1.65. The molecule has 1 saturated heterocycles. The number of hydrogen-bond acceptors (Lipinski definition) is 5. The molecule has 0 aliphatic carbocycles. The van der Waals surface area contributed by atoms with E-state index < -0.39 is 0 Å². The second-order valence-electron chi connectivity index (χ2n) is 9.34. The Morgan fingerprint density at radius 3 is 2.60 bits per heavy atom. The Kier molecular flexibility index (Phi) is 7.31. The van der Waals surface area contributed by atoms with Gasteiger partial charge in [0.15, 0.2) is 11.5 Å². The maximum absolute atomic E-state index is 13.0. The van der Waals surface area contributed by atoms with Gasteiger partial charge in [-0.15, -0.1) is 0 Å². The summed E-state index contributed by atoms with van der Waals surface area (Å²) in [5, 5.41) is 6.71. The quantitative estimate of drug-likeness (QED) is 0.533. The van der Waals surface area contributed by atoms with Crippen molar-refractivity contribution < 1.29 is 14.3 Å². The van der Waals surface area contributed by atoms with Gasteiger partial charge in [-0.05, 0) is 53.8 Å². The zero-order valence-corrected chi connectivity index (χ0v) is 20.2. The standard InChI is InChI=1S/C29H33N3O3/c1-34-27-11-4-5-12-28(27)35-24-9-6-7-21(17-24)20-32-15-13-23(14-16-32)31-29(33)26-19-30-18-22-8-2-3-10-25(22)26/h2-12,17,23,26,30H,13-16,18-20H2,1H3,(H,31,33). The maximum Gasteiger partial charge on any atom is 0.229 e. The van der Waals surface area contributed by atoms with E-state index in [-0.39, 0.29) is 17.9 Å². The zero-order valence-electron chi connectivity index (χ0n) is 20.2. The molecule has 0 bridgehead atoms. The molecule has 35 heavy (non-hydrogen) atoms. The fraction of sp³-hybridized carbons (Fsp3) is 0.345. The summed E-state index contributed by atoms with van der Waals surface area (Å²) in [6, 6.07) is 24.4. The van der Waals surface area contributed by atoms with Gasteiger partial charge in [0.25, 0.3) is 0 Å². The van der Waals surface area contributed by atoms with Crippen LogP contribution in [0.1, 0.15) is 35.4 Å². The van der Waals surface area contributed by atoms with Crippen molar-refractivity contribution in [1.29, 1.82) is 0 Å². The molecule has 6 nitrogen and oxygen atoms in total. The largest absolute Gasteiger partial charge is 0.493 e. The summed E-state index contributed by atoms with van der Waals surface area (Å²) in [5.41, 5.74) is 3.60. The molecule has 182 valence electrons. The third-order valence-electron chi connectivity index (χ3n) is 6.95. The Bertz CT molecular complexity index is 1160. The van der Waals surface area contributed by atoms with Crippen LogP contribution in [0.25, 0.3) is 0 Å². The van der Waals surface area contributed by atoms with Gasteiger partial charge in [0.2, 0.25) is 5.91 Å². The molecular weight excluding hydrogens is 438 g/mol. The SMILES string of the molecule is COc1ccccc1Oc1cccc(CN2CCC(NC(=O)C3CNCc4ccccc43)CC2)c1. The molecule has 0 aromatic heterocycles. The Balaban J connectivity index is 1.13.